The van der Waals surface area contributed by atoms with Gasteiger partial charge in [-0.05, 0) is 54.4 Å². The van der Waals surface area contributed by atoms with Crippen LogP contribution in [0.5, 0.6) is 11.5 Å². The van der Waals surface area contributed by atoms with Gasteiger partial charge in [0.2, 0.25) is 0 Å². The van der Waals surface area contributed by atoms with E-state index in [9.17, 15) is 28.6 Å². The van der Waals surface area contributed by atoms with Crippen molar-refractivity contribution in [2.24, 2.45) is 0 Å². The van der Waals surface area contributed by atoms with E-state index in [2.05, 4.69) is 4.98 Å². The Morgan fingerprint density at radius 1 is 1.06 bits per heavy atom. The first kappa shape index (κ1) is 23.4. The van der Waals surface area contributed by atoms with E-state index in [0.717, 1.165) is 28.4 Å². The van der Waals surface area contributed by atoms with Crippen molar-refractivity contribution in [3.63, 3.8) is 0 Å². The lowest BCUT2D eigenvalue weighted by atomic mass is 9.94. The van der Waals surface area contributed by atoms with E-state index in [1.807, 2.05) is 0 Å². The second-order valence-electron chi connectivity index (χ2n) is 8.17. The number of thiazole rings is 1. The summed E-state index contributed by atoms with van der Waals surface area (Å²) in [5.74, 6) is -3.94. The fourth-order valence-electron chi connectivity index (χ4n) is 4.19. The van der Waals surface area contributed by atoms with Crippen molar-refractivity contribution >= 4 is 44.1 Å². The van der Waals surface area contributed by atoms with Gasteiger partial charge in [-0.1, -0.05) is 23.5 Å². The fraction of sp³-hybridized carbons (Fsp3) is 0.115. The zero-order chi connectivity index (χ0) is 25.7. The molecular weight excluding hydrogens is 490 g/mol. The van der Waals surface area contributed by atoms with Gasteiger partial charge in [-0.25, -0.2) is 13.8 Å². The first-order chi connectivity index (χ1) is 17.2. The van der Waals surface area contributed by atoms with Crippen molar-refractivity contribution in [3.05, 3.63) is 88.5 Å². The van der Waals surface area contributed by atoms with Gasteiger partial charge in [0.05, 0.1) is 28.9 Å². The molecule has 0 spiro atoms. The number of phenols is 1. The Kier molecular flexibility index (Phi) is 5.68. The molecule has 10 heteroatoms. The van der Waals surface area contributed by atoms with Gasteiger partial charge in [0.15, 0.2) is 16.8 Å². The van der Waals surface area contributed by atoms with E-state index in [-0.39, 0.29) is 26.7 Å². The number of aryl methyl sites for hydroxylation is 1. The van der Waals surface area contributed by atoms with E-state index in [1.165, 1.54) is 31.4 Å². The molecule has 0 radical (unpaired) electrons. The van der Waals surface area contributed by atoms with Crippen LogP contribution in [0.4, 0.5) is 13.9 Å². The molecule has 1 fully saturated rings. The molecule has 1 aromatic heterocycles. The van der Waals surface area contributed by atoms with Crippen LogP contribution in [0.1, 0.15) is 22.7 Å². The molecule has 4 aromatic rings. The third-order valence-electron chi connectivity index (χ3n) is 5.97. The van der Waals surface area contributed by atoms with Crippen molar-refractivity contribution in [1.29, 1.82) is 0 Å². The van der Waals surface area contributed by atoms with Crippen LogP contribution >= 0.6 is 11.3 Å². The average Bonchev–Trinajstić information content (AvgIpc) is 3.36. The van der Waals surface area contributed by atoms with Crippen molar-refractivity contribution in [1.82, 2.24) is 4.98 Å². The monoisotopic (exact) mass is 508 g/mol. The number of anilines is 1. The van der Waals surface area contributed by atoms with Gasteiger partial charge in [0.1, 0.15) is 17.3 Å². The minimum Gasteiger partial charge on any atom is -0.508 e. The fourth-order valence-corrected chi connectivity index (χ4v) is 5.19. The number of phenolic OH excluding ortho intramolecular Hbond substituents is 1. The lowest BCUT2D eigenvalue weighted by Gasteiger charge is -2.23. The minimum absolute atomic E-state index is 0.0284. The normalized spacial score (nSPS) is 17.2. The highest BCUT2D eigenvalue weighted by Crippen LogP contribution is 2.45. The number of rotatable bonds is 4. The van der Waals surface area contributed by atoms with Crippen LogP contribution in [0.25, 0.3) is 16.0 Å². The molecule has 0 aliphatic carbocycles. The molecule has 2 N–H and O–H groups in total. The summed E-state index contributed by atoms with van der Waals surface area (Å²) in [4.78, 5) is 31.9. The molecule has 7 nitrogen and oxygen atoms in total. The Bertz CT molecular complexity index is 1540. The molecule has 3 aromatic carbocycles. The van der Waals surface area contributed by atoms with E-state index >= 15 is 0 Å². The van der Waals surface area contributed by atoms with Gasteiger partial charge in [0.25, 0.3) is 5.78 Å². The first-order valence-corrected chi connectivity index (χ1v) is 11.5. The number of hydrogen-bond acceptors (Lipinski definition) is 7. The molecule has 1 aliphatic heterocycles. The molecule has 0 bridgehead atoms. The Hall–Kier alpha value is -4.31. The summed E-state index contributed by atoms with van der Waals surface area (Å²) < 4.78 is 33.1. The largest absolute Gasteiger partial charge is 0.508 e. The second-order valence-corrected chi connectivity index (χ2v) is 9.18. The van der Waals surface area contributed by atoms with Crippen LogP contribution in [0.2, 0.25) is 0 Å². The summed E-state index contributed by atoms with van der Waals surface area (Å²) in [5, 5.41) is 21.1. The molecule has 5 rings (SSSR count). The highest BCUT2D eigenvalue weighted by molar-refractivity contribution is 7.22. The van der Waals surface area contributed by atoms with Gasteiger partial charge in [0, 0.05) is 11.6 Å². The standard InChI is InChI=1S/C26H18F2N2O5S/c1-12-9-15(35-2)7-8-16(12)23(32)21-22(13-3-5-14(31)6-4-13)30(25(34)24(21)33)26-29-19-10-17(27)18(28)11-20(19)36-26/h3-11,22,31-32H,1-2H3/b23-21+. The number of methoxy groups -OCH3 is 1. The molecule has 1 unspecified atom stereocenters. The van der Waals surface area contributed by atoms with Crippen molar-refractivity contribution in [2.75, 3.05) is 12.0 Å². The van der Waals surface area contributed by atoms with Crippen LogP contribution in [0.3, 0.4) is 0 Å². The summed E-state index contributed by atoms with van der Waals surface area (Å²) in [6.07, 6.45) is 0. The first-order valence-electron chi connectivity index (χ1n) is 10.7. The number of hydrogen-bond donors (Lipinski definition) is 2. The number of halogens is 2. The maximum atomic E-state index is 13.8. The summed E-state index contributed by atoms with van der Waals surface area (Å²) in [5.41, 5.74) is 1.28. The summed E-state index contributed by atoms with van der Waals surface area (Å²) in [6, 6.07) is 11.4. The van der Waals surface area contributed by atoms with Gasteiger partial charge < -0.3 is 14.9 Å². The van der Waals surface area contributed by atoms with Crippen LogP contribution in [0.15, 0.2) is 60.2 Å². The van der Waals surface area contributed by atoms with E-state index in [1.54, 1.807) is 25.1 Å². The quantitative estimate of drug-likeness (QED) is 0.223. The molecule has 1 saturated heterocycles. The summed E-state index contributed by atoms with van der Waals surface area (Å²) >= 11 is 0.907. The van der Waals surface area contributed by atoms with Gasteiger partial charge >= 0.3 is 5.91 Å². The van der Waals surface area contributed by atoms with Crippen molar-refractivity contribution in [2.45, 2.75) is 13.0 Å². The zero-order valence-electron chi connectivity index (χ0n) is 19.0. The van der Waals surface area contributed by atoms with Crippen LogP contribution in [-0.2, 0) is 9.59 Å². The number of fused-ring (bicyclic) bond motifs is 1. The van der Waals surface area contributed by atoms with Gasteiger partial charge in [-0.2, -0.15) is 0 Å². The Balaban J connectivity index is 1.73. The number of Topliss-reactive ketones (excluding diaryl/α,β-unsaturated/α-hetero) is 1. The number of carbonyl (C=O) groups is 2. The SMILES string of the molecule is COc1ccc(/C(O)=C2\C(=O)C(=O)N(c3nc4cc(F)c(F)cc4s3)C2c2ccc(O)cc2)c(C)c1. The number of aromatic nitrogens is 1. The molecule has 1 aliphatic rings. The second kappa shape index (κ2) is 8.72. The number of benzene rings is 3. The highest BCUT2D eigenvalue weighted by atomic mass is 32.1. The minimum atomic E-state index is -1.11. The summed E-state index contributed by atoms with van der Waals surface area (Å²) in [7, 11) is 1.50. The highest BCUT2D eigenvalue weighted by Gasteiger charge is 2.48. The predicted molar refractivity (Wildman–Crippen MR) is 130 cm³/mol. The third-order valence-corrected chi connectivity index (χ3v) is 6.98. The third kappa shape index (κ3) is 3.75. The maximum absolute atomic E-state index is 13.8. The van der Waals surface area contributed by atoms with E-state index in [0.29, 0.717) is 22.4 Å². The molecule has 0 saturated carbocycles. The zero-order valence-corrected chi connectivity index (χ0v) is 19.8. The van der Waals surface area contributed by atoms with Gasteiger partial charge in [-0.15, -0.1) is 0 Å². The Morgan fingerprint density at radius 2 is 1.75 bits per heavy atom. The van der Waals surface area contributed by atoms with Crippen molar-refractivity contribution in [3.8, 4) is 11.5 Å². The number of ether oxygens (including phenoxy) is 1. The number of carbonyl (C=O) groups excluding carboxylic acids is 2. The predicted octanol–water partition coefficient (Wildman–Crippen LogP) is 5.22. The van der Waals surface area contributed by atoms with Crippen LogP contribution < -0.4 is 9.64 Å². The smallest absolute Gasteiger partial charge is 0.301 e. The number of aliphatic hydroxyl groups is 1. The Labute approximate surface area is 207 Å². The molecular formula is C26H18F2N2O5S. The topological polar surface area (TPSA) is 100.0 Å². The molecule has 182 valence electrons. The summed E-state index contributed by atoms with van der Waals surface area (Å²) in [6.45, 7) is 1.72. The average molecular weight is 509 g/mol. The van der Waals surface area contributed by atoms with Crippen LogP contribution in [0, 0.1) is 18.6 Å². The maximum Gasteiger partial charge on any atom is 0.301 e. The Morgan fingerprint density at radius 3 is 2.42 bits per heavy atom. The number of aromatic hydroxyl groups is 1. The van der Waals surface area contributed by atoms with E-state index < -0.39 is 35.1 Å². The van der Waals surface area contributed by atoms with Crippen molar-refractivity contribution < 1.29 is 33.3 Å². The molecule has 1 amide bonds. The number of aliphatic hydroxyl groups excluding tert-OH is 1. The number of ketones is 1. The van der Waals surface area contributed by atoms with E-state index in [4.69, 9.17) is 4.74 Å². The lowest BCUT2D eigenvalue weighted by molar-refractivity contribution is -0.132. The van der Waals surface area contributed by atoms with Crippen LogP contribution in [-0.4, -0.2) is 34.0 Å². The number of nitrogens with zero attached hydrogens (tertiary/aromatic N) is 2. The van der Waals surface area contributed by atoms with Gasteiger partial charge in [-0.3, -0.25) is 14.5 Å². The molecule has 2 heterocycles. The number of amides is 1. The molecule has 36 heavy (non-hydrogen) atoms. The lowest BCUT2D eigenvalue weighted by Crippen LogP contribution is -2.29. The molecule has 1 atom stereocenters.